The lowest BCUT2D eigenvalue weighted by atomic mass is 10.1. The molecule has 0 saturated carbocycles. The molecule has 3 aromatic heterocycles. The Morgan fingerprint density at radius 1 is 1.20 bits per heavy atom. The standard InChI is InChI=1S/C23H25F2N5O3.C2H6/c1-13-8-15(14-9-17(33-12-18(24)25)21(32-5)26-10-14)27-16-11-29(22(31)20(13)16)19-6-7-30(28-19)23(2,3)4;1-2/h6-10,18H,11-12H2,1-5H3;1-2H3. The third-order valence-corrected chi connectivity index (χ3v) is 5.27. The maximum atomic E-state index is 13.1. The highest BCUT2D eigenvalue weighted by Crippen LogP contribution is 2.34. The Kier molecular flexibility index (Phi) is 7.72. The molecule has 0 bridgehead atoms. The zero-order chi connectivity index (χ0) is 25.9. The summed E-state index contributed by atoms with van der Waals surface area (Å²) >= 11 is 0. The number of aryl methyl sites for hydroxylation is 1. The monoisotopic (exact) mass is 487 g/mol. The van der Waals surface area contributed by atoms with Gasteiger partial charge in [0, 0.05) is 24.0 Å². The largest absolute Gasteiger partial charge is 0.482 e. The molecule has 0 radical (unpaired) electrons. The maximum Gasteiger partial charge on any atom is 0.272 e. The summed E-state index contributed by atoms with van der Waals surface area (Å²) in [6.45, 7) is 11.4. The number of ether oxygens (including phenoxy) is 2. The van der Waals surface area contributed by atoms with Crippen LogP contribution in [0.2, 0.25) is 0 Å². The summed E-state index contributed by atoms with van der Waals surface area (Å²) in [6, 6.07) is 5.14. The number of hydrogen-bond acceptors (Lipinski definition) is 6. The van der Waals surface area contributed by atoms with Crippen molar-refractivity contribution < 1.29 is 23.0 Å². The minimum absolute atomic E-state index is 0.0978. The Labute approximate surface area is 203 Å². The number of nitrogens with zero attached hydrogens (tertiary/aromatic N) is 5. The molecule has 1 aliphatic rings. The summed E-state index contributed by atoms with van der Waals surface area (Å²) < 4.78 is 37.3. The SMILES string of the molecule is CC.COc1ncc(-c2cc(C)c3c(n2)CN(c2ccn(C(C)(C)C)n2)C3=O)cc1OCC(F)F. The number of fused-ring (bicyclic) bond motifs is 1. The Balaban J connectivity index is 0.00000167. The van der Waals surface area contributed by atoms with Crippen LogP contribution in [0.5, 0.6) is 11.6 Å². The number of carbonyl (C=O) groups is 1. The van der Waals surface area contributed by atoms with Crippen molar-refractivity contribution in [1.82, 2.24) is 19.7 Å². The summed E-state index contributed by atoms with van der Waals surface area (Å²) in [7, 11) is 1.39. The van der Waals surface area contributed by atoms with E-state index in [1.54, 1.807) is 17.0 Å². The van der Waals surface area contributed by atoms with Gasteiger partial charge in [0.05, 0.1) is 36.1 Å². The molecule has 0 fully saturated rings. The van der Waals surface area contributed by atoms with E-state index in [1.807, 2.05) is 58.5 Å². The first kappa shape index (κ1) is 26.1. The van der Waals surface area contributed by atoms with E-state index in [0.717, 1.165) is 5.56 Å². The van der Waals surface area contributed by atoms with Gasteiger partial charge in [-0.25, -0.2) is 13.8 Å². The van der Waals surface area contributed by atoms with Crippen LogP contribution in [0.3, 0.4) is 0 Å². The molecule has 3 aromatic rings. The van der Waals surface area contributed by atoms with Gasteiger partial charge in [0.2, 0.25) is 0 Å². The quantitative estimate of drug-likeness (QED) is 0.473. The topological polar surface area (TPSA) is 82.4 Å². The van der Waals surface area contributed by atoms with Crippen molar-refractivity contribution in [3.05, 3.63) is 47.4 Å². The first-order chi connectivity index (χ1) is 16.6. The van der Waals surface area contributed by atoms with E-state index in [-0.39, 0.29) is 29.6 Å². The predicted octanol–water partition coefficient (Wildman–Crippen LogP) is 5.24. The van der Waals surface area contributed by atoms with Gasteiger partial charge in [-0.2, -0.15) is 5.10 Å². The summed E-state index contributed by atoms with van der Waals surface area (Å²) in [6.07, 6.45) is 0.751. The summed E-state index contributed by atoms with van der Waals surface area (Å²) in [5, 5.41) is 4.56. The minimum Gasteiger partial charge on any atom is -0.482 e. The second-order valence-corrected chi connectivity index (χ2v) is 8.76. The van der Waals surface area contributed by atoms with Gasteiger partial charge in [0.25, 0.3) is 18.2 Å². The number of halogens is 2. The van der Waals surface area contributed by atoms with Crippen molar-refractivity contribution in [2.45, 2.75) is 60.1 Å². The highest BCUT2D eigenvalue weighted by molar-refractivity contribution is 6.10. The normalized spacial score (nSPS) is 13.0. The zero-order valence-corrected chi connectivity index (χ0v) is 21.1. The molecule has 8 nitrogen and oxygen atoms in total. The van der Waals surface area contributed by atoms with Crippen LogP contribution in [0.15, 0.2) is 30.6 Å². The molecule has 1 aliphatic heterocycles. The van der Waals surface area contributed by atoms with Crippen molar-refractivity contribution >= 4 is 11.7 Å². The molecule has 0 saturated heterocycles. The Morgan fingerprint density at radius 2 is 1.91 bits per heavy atom. The molecule has 4 rings (SSSR count). The molecule has 1 amide bonds. The lowest BCUT2D eigenvalue weighted by Gasteiger charge is -2.19. The van der Waals surface area contributed by atoms with Crippen LogP contribution >= 0.6 is 0 Å². The van der Waals surface area contributed by atoms with Gasteiger partial charge in [0.1, 0.15) is 6.61 Å². The lowest BCUT2D eigenvalue weighted by Crippen LogP contribution is -2.26. The van der Waals surface area contributed by atoms with E-state index in [2.05, 4.69) is 15.1 Å². The number of amides is 1. The van der Waals surface area contributed by atoms with Crippen molar-refractivity contribution in [1.29, 1.82) is 0 Å². The van der Waals surface area contributed by atoms with E-state index >= 15 is 0 Å². The fourth-order valence-electron chi connectivity index (χ4n) is 3.65. The van der Waals surface area contributed by atoms with Crippen LogP contribution in [0.4, 0.5) is 14.6 Å². The number of hydrogen-bond donors (Lipinski definition) is 0. The van der Waals surface area contributed by atoms with Crippen LogP contribution in [-0.4, -0.2) is 45.8 Å². The molecule has 4 heterocycles. The number of pyridine rings is 2. The molecule has 10 heteroatoms. The maximum absolute atomic E-state index is 13.1. The number of methoxy groups -OCH3 is 1. The number of anilines is 1. The predicted molar refractivity (Wildman–Crippen MR) is 129 cm³/mol. The molecule has 0 atom stereocenters. The van der Waals surface area contributed by atoms with Crippen LogP contribution in [-0.2, 0) is 12.1 Å². The van der Waals surface area contributed by atoms with E-state index in [9.17, 15) is 13.6 Å². The molecular formula is C25H31F2N5O3. The molecule has 0 N–H and O–H groups in total. The molecule has 0 aliphatic carbocycles. The van der Waals surface area contributed by atoms with Crippen LogP contribution < -0.4 is 14.4 Å². The lowest BCUT2D eigenvalue weighted by molar-refractivity contribution is 0.0801. The van der Waals surface area contributed by atoms with Crippen LogP contribution in [0.1, 0.15) is 56.2 Å². The summed E-state index contributed by atoms with van der Waals surface area (Å²) in [4.78, 5) is 23.6. The number of carbonyl (C=O) groups excluding carboxylic acids is 1. The minimum atomic E-state index is -2.63. The Bertz CT molecular complexity index is 1200. The van der Waals surface area contributed by atoms with Crippen molar-refractivity contribution in [2.24, 2.45) is 0 Å². The zero-order valence-electron chi connectivity index (χ0n) is 21.1. The molecule has 0 spiro atoms. The smallest absolute Gasteiger partial charge is 0.272 e. The summed E-state index contributed by atoms with van der Waals surface area (Å²) in [5.41, 5.74) is 2.82. The first-order valence-electron chi connectivity index (χ1n) is 11.4. The van der Waals surface area contributed by atoms with Crippen molar-refractivity contribution in [3.63, 3.8) is 0 Å². The van der Waals surface area contributed by atoms with Crippen LogP contribution in [0, 0.1) is 6.92 Å². The molecule has 0 unspecified atom stereocenters. The van der Waals surface area contributed by atoms with E-state index < -0.39 is 13.0 Å². The fraction of sp³-hybridized carbons (Fsp3) is 0.440. The number of aromatic nitrogens is 4. The third-order valence-electron chi connectivity index (χ3n) is 5.27. The highest BCUT2D eigenvalue weighted by atomic mass is 19.3. The average molecular weight is 488 g/mol. The molecule has 0 aromatic carbocycles. The Hall–Kier alpha value is -3.56. The van der Waals surface area contributed by atoms with E-state index in [4.69, 9.17) is 9.47 Å². The average Bonchev–Trinajstić information content (AvgIpc) is 3.44. The van der Waals surface area contributed by atoms with E-state index in [1.165, 1.54) is 13.3 Å². The van der Waals surface area contributed by atoms with Gasteiger partial charge in [-0.1, -0.05) is 13.8 Å². The Morgan fingerprint density at radius 3 is 2.51 bits per heavy atom. The van der Waals surface area contributed by atoms with Crippen molar-refractivity contribution in [3.8, 4) is 22.9 Å². The molecule has 35 heavy (non-hydrogen) atoms. The van der Waals surface area contributed by atoms with Gasteiger partial charge in [-0.15, -0.1) is 0 Å². The number of alkyl halides is 2. The van der Waals surface area contributed by atoms with E-state index in [0.29, 0.717) is 28.3 Å². The fourth-order valence-corrected chi connectivity index (χ4v) is 3.65. The molecule has 188 valence electrons. The van der Waals surface area contributed by atoms with Gasteiger partial charge >= 0.3 is 0 Å². The first-order valence-corrected chi connectivity index (χ1v) is 11.4. The van der Waals surface area contributed by atoms with Gasteiger partial charge < -0.3 is 9.47 Å². The number of rotatable bonds is 6. The third kappa shape index (κ3) is 5.41. The summed E-state index contributed by atoms with van der Waals surface area (Å²) in [5.74, 6) is 0.603. The van der Waals surface area contributed by atoms with Gasteiger partial charge in [-0.05, 0) is 45.4 Å². The van der Waals surface area contributed by atoms with Gasteiger partial charge in [-0.3, -0.25) is 19.4 Å². The molecular weight excluding hydrogens is 456 g/mol. The highest BCUT2D eigenvalue weighted by Gasteiger charge is 2.33. The second-order valence-electron chi connectivity index (χ2n) is 8.76. The van der Waals surface area contributed by atoms with Crippen LogP contribution in [0.25, 0.3) is 11.3 Å². The van der Waals surface area contributed by atoms with Crippen molar-refractivity contribution in [2.75, 3.05) is 18.6 Å². The second kappa shape index (κ2) is 10.4. The van der Waals surface area contributed by atoms with Gasteiger partial charge in [0.15, 0.2) is 11.6 Å².